The maximum atomic E-state index is 13.5. The van der Waals surface area contributed by atoms with Crippen LogP contribution in [0.3, 0.4) is 0 Å². The zero-order valence-corrected chi connectivity index (χ0v) is 24.0. The summed E-state index contributed by atoms with van der Waals surface area (Å²) < 4.78 is 41.3. The van der Waals surface area contributed by atoms with Crippen LogP contribution in [0.25, 0.3) is 16.9 Å². The lowest BCUT2D eigenvalue weighted by molar-refractivity contribution is 0.383. The van der Waals surface area contributed by atoms with Gasteiger partial charge in [0.15, 0.2) is 0 Å². The highest BCUT2D eigenvalue weighted by Crippen LogP contribution is 2.34. The molecule has 0 N–H and O–H groups in total. The predicted molar refractivity (Wildman–Crippen MR) is 156 cm³/mol. The molecule has 0 unspecified atom stereocenters. The number of aromatic nitrogens is 4. The molecular weight excluding hydrogens is 578 g/mol. The largest absolute Gasteiger partial charge is 0.497 e. The van der Waals surface area contributed by atoms with Crippen LogP contribution in [0.1, 0.15) is 5.56 Å². The zero-order chi connectivity index (χ0) is 29.3. The predicted octanol–water partition coefficient (Wildman–Crippen LogP) is 4.63. The van der Waals surface area contributed by atoms with Crippen molar-refractivity contribution >= 4 is 33.2 Å². The molecule has 1 aliphatic rings. The molecule has 1 aliphatic heterocycles. The highest BCUT2D eigenvalue weighted by molar-refractivity contribution is 7.89. The lowest BCUT2D eigenvalue weighted by atomic mass is 10.1. The molecule has 2 aromatic heterocycles. The minimum absolute atomic E-state index is 0.149. The quantitative estimate of drug-likeness (QED) is 0.262. The number of piperazine rings is 1. The van der Waals surface area contributed by atoms with Crippen LogP contribution < -0.4 is 14.4 Å². The fourth-order valence-corrected chi connectivity index (χ4v) is 6.47. The first-order chi connectivity index (χ1) is 20.4. The Morgan fingerprint density at radius 1 is 0.929 bits per heavy atom. The first-order valence-corrected chi connectivity index (χ1v) is 14.8. The average molecular weight is 602 g/mol. The van der Waals surface area contributed by atoms with Gasteiger partial charge in [-0.15, -0.1) is 0 Å². The third kappa shape index (κ3) is 5.09. The van der Waals surface area contributed by atoms with Crippen molar-refractivity contribution in [2.75, 3.05) is 38.2 Å². The molecule has 6 rings (SSSR count). The number of sulfonamides is 1. The van der Waals surface area contributed by atoms with E-state index < -0.39 is 10.0 Å². The van der Waals surface area contributed by atoms with E-state index in [9.17, 15) is 13.7 Å². The summed E-state index contributed by atoms with van der Waals surface area (Å²) in [4.78, 5) is 10.9. The standard InChI is InChI=1S/C29H24ClN7O4S/c1-40-21-7-5-20(6-8-21)25-18-32-29-33-19-34-37(29)28(25)35-13-15-36(16-14-35)42(38,39)23-11-9-22(10-12-23)41-27-4-2-3-26(30)24(27)17-31/h2-12,18-19H,13-16H2,1H3. The second kappa shape index (κ2) is 11.3. The Labute approximate surface area is 247 Å². The van der Waals surface area contributed by atoms with E-state index in [4.69, 9.17) is 21.1 Å². The summed E-state index contributed by atoms with van der Waals surface area (Å²) >= 11 is 6.08. The molecule has 5 aromatic rings. The van der Waals surface area contributed by atoms with Gasteiger partial charge in [0.25, 0.3) is 5.78 Å². The van der Waals surface area contributed by atoms with E-state index in [1.165, 1.54) is 22.8 Å². The van der Waals surface area contributed by atoms with Gasteiger partial charge in [-0.3, -0.25) is 0 Å². The normalized spacial score (nSPS) is 14.1. The summed E-state index contributed by atoms with van der Waals surface area (Å²) in [7, 11) is -2.15. The molecule has 0 radical (unpaired) electrons. The average Bonchev–Trinajstić information content (AvgIpc) is 3.50. The molecule has 13 heteroatoms. The topological polar surface area (TPSA) is 126 Å². The molecule has 0 saturated carbocycles. The lowest BCUT2D eigenvalue weighted by Crippen LogP contribution is -2.49. The van der Waals surface area contributed by atoms with Crippen molar-refractivity contribution in [2.45, 2.75) is 4.90 Å². The Bertz CT molecular complexity index is 1900. The Morgan fingerprint density at radius 2 is 1.64 bits per heavy atom. The van der Waals surface area contributed by atoms with Crippen molar-refractivity contribution in [3.63, 3.8) is 0 Å². The number of hydrogen-bond acceptors (Lipinski definition) is 9. The van der Waals surface area contributed by atoms with Crippen molar-refractivity contribution in [3.8, 4) is 34.4 Å². The molecule has 212 valence electrons. The molecular formula is C29H24ClN7O4S. The first-order valence-electron chi connectivity index (χ1n) is 12.9. The van der Waals surface area contributed by atoms with Gasteiger partial charge in [0.2, 0.25) is 10.0 Å². The third-order valence-corrected chi connectivity index (χ3v) is 9.22. The fraction of sp³-hybridized carbons (Fsp3) is 0.172. The van der Waals surface area contributed by atoms with E-state index in [2.05, 4.69) is 20.0 Å². The van der Waals surface area contributed by atoms with E-state index in [0.29, 0.717) is 30.4 Å². The Morgan fingerprint density at radius 3 is 2.33 bits per heavy atom. The molecule has 1 saturated heterocycles. The van der Waals surface area contributed by atoms with Gasteiger partial charge in [-0.2, -0.15) is 24.2 Å². The smallest absolute Gasteiger partial charge is 0.254 e. The molecule has 0 spiro atoms. The van der Waals surface area contributed by atoms with Gasteiger partial charge in [0.1, 0.15) is 41.0 Å². The number of methoxy groups -OCH3 is 1. The number of benzene rings is 3. The molecule has 0 bridgehead atoms. The summed E-state index contributed by atoms with van der Waals surface area (Å²) in [5.74, 6) is 2.67. The van der Waals surface area contributed by atoms with Crippen LogP contribution in [0.5, 0.6) is 17.2 Å². The van der Waals surface area contributed by atoms with E-state index in [0.717, 1.165) is 22.7 Å². The highest BCUT2D eigenvalue weighted by Gasteiger charge is 2.31. The number of fused-ring (bicyclic) bond motifs is 1. The zero-order valence-electron chi connectivity index (χ0n) is 22.4. The van der Waals surface area contributed by atoms with Crippen LogP contribution in [0.15, 0.2) is 84.1 Å². The van der Waals surface area contributed by atoms with Gasteiger partial charge in [-0.05, 0) is 54.1 Å². The lowest BCUT2D eigenvalue weighted by Gasteiger charge is -2.36. The highest BCUT2D eigenvalue weighted by atomic mass is 35.5. The molecule has 1 fully saturated rings. The number of anilines is 1. The van der Waals surface area contributed by atoms with Crippen LogP contribution in [0, 0.1) is 11.3 Å². The first kappa shape index (κ1) is 27.5. The summed E-state index contributed by atoms with van der Waals surface area (Å²) in [5, 5.41) is 14.0. The van der Waals surface area contributed by atoms with Crippen LogP contribution >= 0.6 is 11.6 Å². The van der Waals surface area contributed by atoms with E-state index in [1.807, 2.05) is 30.3 Å². The molecule has 0 atom stereocenters. The minimum Gasteiger partial charge on any atom is -0.497 e. The Kier molecular flexibility index (Phi) is 7.38. The Balaban J connectivity index is 1.21. The summed E-state index contributed by atoms with van der Waals surface area (Å²) in [6, 6.07) is 20.7. The number of ether oxygens (including phenoxy) is 2. The van der Waals surface area contributed by atoms with E-state index in [-0.39, 0.29) is 28.6 Å². The van der Waals surface area contributed by atoms with Gasteiger partial charge >= 0.3 is 0 Å². The number of halogens is 1. The van der Waals surface area contributed by atoms with Crippen molar-refractivity contribution in [1.29, 1.82) is 5.26 Å². The van der Waals surface area contributed by atoms with Crippen molar-refractivity contribution in [2.24, 2.45) is 0 Å². The molecule has 11 nitrogen and oxygen atoms in total. The second-order valence-corrected chi connectivity index (χ2v) is 11.7. The Hall–Kier alpha value is -4.70. The van der Waals surface area contributed by atoms with E-state index >= 15 is 0 Å². The number of nitrogens with zero attached hydrogens (tertiary/aromatic N) is 7. The molecule has 42 heavy (non-hydrogen) atoms. The fourth-order valence-electron chi connectivity index (χ4n) is 4.84. The monoisotopic (exact) mass is 601 g/mol. The molecule has 0 amide bonds. The van der Waals surface area contributed by atoms with Crippen LogP contribution in [0.4, 0.5) is 5.82 Å². The van der Waals surface area contributed by atoms with Gasteiger partial charge in [0.05, 0.1) is 17.0 Å². The molecule has 3 aromatic carbocycles. The minimum atomic E-state index is -3.76. The van der Waals surface area contributed by atoms with Crippen LogP contribution in [-0.4, -0.2) is 65.6 Å². The summed E-state index contributed by atoms with van der Waals surface area (Å²) in [6.45, 7) is 1.42. The van der Waals surface area contributed by atoms with Crippen LogP contribution in [-0.2, 0) is 10.0 Å². The second-order valence-electron chi connectivity index (χ2n) is 9.39. The maximum Gasteiger partial charge on any atom is 0.254 e. The summed E-state index contributed by atoms with van der Waals surface area (Å²) in [6.07, 6.45) is 3.21. The molecule has 0 aliphatic carbocycles. The van der Waals surface area contributed by atoms with Gasteiger partial charge in [0, 0.05) is 37.9 Å². The SMILES string of the molecule is COc1ccc(-c2cnc3ncnn3c2N2CCN(S(=O)(=O)c3ccc(Oc4cccc(Cl)c4C#N)cc3)CC2)cc1. The van der Waals surface area contributed by atoms with Crippen LogP contribution in [0.2, 0.25) is 5.02 Å². The van der Waals surface area contributed by atoms with Crippen molar-refractivity contribution in [3.05, 3.63) is 89.8 Å². The van der Waals surface area contributed by atoms with Crippen molar-refractivity contribution < 1.29 is 17.9 Å². The van der Waals surface area contributed by atoms with Gasteiger partial charge in [-0.25, -0.2) is 13.4 Å². The maximum absolute atomic E-state index is 13.5. The number of nitriles is 1. The number of hydrogen-bond donors (Lipinski definition) is 0. The molecule has 3 heterocycles. The van der Waals surface area contributed by atoms with E-state index in [1.54, 1.807) is 48.2 Å². The summed E-state index contributed by atoms with van der Waals surface area (Å²) in [5.41, 5.74) is 1.98. The van der Waals surface area contributed by atoms with Gasteiger partial charge < -0.3 is 14.4 Å². The van der Waals surface area contributed by atoms with Gasteiger partial charge in [-0.1, -0.05) is 29.8 Å². The third-order valence-electron chi connectivity index (χ3n) is 7.00. The number of rotatable bonds is 7. The van der Waals surface area contributed by atoms with Crippen molar-refractivity contribution in [1.82, 2.24) is 23.9 Å².